The molecule has 0 amide bonds. The SMILES string of the molecule is FC(F)(F)n1[c]ccc1. The van der Waals surface area contributed by atoms with E-state index in [0.717, 1.165) is 6.20 Å². The van der Waals surface area contributed by atoms with Crippen molar-refractivity contribution in [3.63, 3.8) is 0 Å². The maximum absolute atomic E-state index is 11.6. The zero-order chi connectivity index (χ0) is 6.91. The minimum atomic E-state index is -4.32. The van der Waals surface area contributed by atoms with E-state index in [2.05, 4.69) is 0 Å². The van der Waals surface area contributed by atoms with Gasteiger partial charge in [0.15, 0.2) is 0 Å². The van der Waals surface area contributed by atoms with Crippen LogP contribution in [0.2, 0.25) is 0 Å². The zero-order valence-corrected chi connectivity index (χ0v) is 4.31. The third kappa shape index (κ3) is 1.25. The summed E-state index contributed by atoms with van der Waals surface area (Å²) in [6.07, 6.45) is -1.44. The molecule has 0 spiro atoms. The van der Waals surface area contributed by atoms with Crippen molar-refractivity contribution >= 4 is 0 Å². The van der Waals surface area contributed by atoms with Gasteiger partial charge in [0, 0.05) is 6.20 Å². The van der Waals surface area contributed by atoms with E-state index in [1.165, 1.54) is 12.1 Å². The summed E-state index contributed by atoms with van der Waals surface area (Å²) in [6.45, 7) is 0. The lowest BCUT2D eigenvalue weighted by molar-refractivity contribution is -0.204. The topological polar surface area (TPSA) is 4.93 Å². The molecular weight excluding hydrogens is 131 g/mol. The van der Waals surface area contributed by atoms with E-state index < -0.39 is 6.30 Å². The minimum absolute atomic E-state index is 0.0625. The first kappa shape index (κ1) is 6.19. The highest BCUT2D eigenvalue weighted by Gasteiger charge is 2.28. The molecule has 0 aliphatic carbocycles. The second kappa shape index (κ2) is 1.79. The molecule has 9 heavy (non-hydrogen) atoms. The Morgan fingerprint density at radius 1 is 1.33 bits per heavy atom. The molecule has 1 heterocycles. The van der Waals surface area contributed by atoms with Gasteiger partial charge in [-0.1, -0.05) is 0 Å². The van der Waals surface area contributed by atoms with Gasteiger partial charge in [-0.15, -0.1) is 13.2 Å². The van der Waals surface area contributed by atoms with Crippen LogP contribution >= 0.6 is 0 Å². The number of hydrogen-bond acceptors (Lipinski definition) is 0. The molecule has 4 heteroatoms. The van der Waals surface area contributed by atoms with Crippen LogP contribution in [-0.2, 0) is 6.30 Å². The molecular formula is C5H3F3N. The molecule has 0 saturated carbocycles. The Labute approximate surface area is 49.7 Å². The van der Waals surface area contributed by atoms with E-state index in [1.807, 2.05) is 6.20 Å². The second-order valence-corrected chi connectivity index (χ2v) is 1.48. The maximum atomic E-state index is 11.6. The van der Waals surface area contributed by atoms with Gasteiger partial charge in [0.25, 0.3) is 0 Å². The zero-order valence-electron chi connectivity index (χ0n) is 4.31. The molecule has 1 aromatic rings. The second-order valence-electron chi connectivity index (χ2n) is 1.48. The van der Waals surface area contributed by atoms with Gasteiger partial charge in [0.05, 0.1) is 6.20 Å². The Hall–Kier alpha value is -0.930. The molecule has 0 saturated heterocycles. The van der Waals surface area contributed by atoms with E-state index in [9.17, 15) is 13.2 Å². The van der Waals surface area contributed by atoms with Crippen molar-refractivity contribution in [2.45, 2.75) is 6.30 Å². The van der Waals surface area contributed by atoms with Crippen molar-refractivity contribution in [3.05, 3.63) is 24.5 Å². The first-order valence-corrected chi connectivity index (χ1v) is 2.23. The number of nitrogens with zero attached hydrogens (tertiary/aromatic N) is 1. The molecule has 0 atom stereocenters. The van der Waals surface area contributed by atoms with Crippen LogP contribution in [0, 0.1) is 6.20 Å². The molecule has 1 nitrogen and oxygen atoms in total. The summed E-state index contributed by atoms with van der Waals surface area (Å²) in [5.41, 5.74) is 0. The van der Waals surface area contributed by atoms with Crippen LogP contribution in [0.15, 0.2) is 18.3 Å². The molecule has 0 bridgehead atoms. The van der Waals surface area contributed by atoms with Crippen LogP contribution in [-0.4, -0.2) is 4.57 Å². The molecule has 0 N–H and O–H groups in total. The lowest BCUT2D eigenvalue weighted by atomic mass is 10.7. The van der Waals surface area contributed by atoms with E-state index in [0.29, 0.717) is 0 Å². The Kier molecular flexibility index (Phi) is 1.23. The maximum Gasteiger partial charge on any atom is 0.488 e. The highest BCUT2D eigenvalue weighted by molar-refractivity contribution is 4.89. The summed E-state index contributed by atoms with van der Waals surface area (Å²) in [7, 11) is 0. The van der Waals surface area contributed by atoms with Gasteiger partial charge in [-0.3, -0.25) is 4.57 Å². The third-order valence-corrected chi connectivity index (χ3v) is 0.818. The molecule has 0 unspecified atom stereocenters. The van der Waals surface area contributed by atoms with Gasteiger partial charge in [-0.2, -0.15) is 0 Å². The van der Waals surface area contributed by atoms with Crippen molar-refractivity contribution in [1.29, 1.82) is 0 Å². The summed E-state index contributed by atoms with van der Waals surface area (Å²) in [5.74, 6) is 0. The summed E-state index contributed by atoms with van der Waals surface area (Å²) in [4.78, 5) is 0. The number of halogens is 3. The van der Waals surface area contributed by atoms with Gasteiger partial charge in [0.1, 0.15) is 0 Å². The lowest BCUT2D eigenvalue weighted by Crippen LogP contribution is -2.13. The Morgan fingerprint density at radius 2 is 2.00 bits per heavy atom. The molecule has 0 aliphatic rings. The highest BCUT2D eigenvalue weighted by Crippen LogP contribution is 2.20. The fraction of sp³-hybridized carbons (Fsp3) is 0.200. The van der Waals surface area contributed by atoms with Crippen LogP contribution in [0.4, 0.5) is 13.2 Å². The van der Waals surface area contributed by atoms with Crippen LogP contribution in [0.3, 0.4) is 0 Å². The Morgan fingerprint density at radius 3 is 2.22 bits per heavy atom. The number of rotatable bonds is 0. The third-order valence-electron chi connectivity index (χ3n) is 0.818. The smallest absolute Gasteiger partial charge is 0.258 e. The van der Waals surface area contributed by atoms with E-state index in [4.69, 9.17) is 0 Å². The highest BCUT2D eigenvalue weighted by atomic mass is 19.4. The van der Waals surface area contributed by atoms with Crippen molar-refractivity contribution < 1.29 is 13.2 Å². The van der Waals surface area contributed by atoms with Gasteiger partial charge >= 0.3 is 6.30 Å². The summed E-state index contributed by atoms with van der Waals surface area (Å²) in [5, 5.41) is 0. The normalized spacial score (nSPS) is 11.9. The van der Waals surface area contributed by atoms with Crippen molar-refractivity contribution in [2.75, 3.05) is 0 Å². The van der Waals surface area contributed by atoms with Crippen molar-refractivity contribution in [1.82, 2.24) is 4.57 Å². The molecule has 1 aromatic heterocycles. The predicted molar refractivity (Wildman–Crippen MR) is 24.6 cm³/mol. The Bertz CT molecular complexity index is 175. The summed E-state index contributed by atoms with van der Waals surface area (Å²) < 4.78 is 34.7. The summed E-state index contributed by atoms with van der Waals surface area (Å²) in [6, 6.07) is 2.47. The quantitative estimate of drug-likeness (QED) is 0.509. The monoisotopic (exact) mass is 134 g/mol. The number of aromatic nitrogens is 1. The van der Waals surface area contributed by atoms with Crippen LogP contribution in [0.1, 0.15) is 0 Å². The van der Waals surface area contributed by atoms with Crippen molar-refractivity contribution in [2.24, 2.45) is 0 Å². The van der Waals surface area contributed by atoms with Gasteiger partial charge in [-0.05, 0) is 12.1 Å². The average Bonchev–Trinajstić information content (AvgIpc) is 2.08. The molecule has 49 valence electrons. The Balaban J connectivity index is 2.90. The number of alkyl halides is 3. The van der Waals surface area contributed by atoms with E-state index in [1.54, 1.807) is 0 Å². The molecule has 1 rings (SSSR count). The van der Waals surface area contributed by atoms with Crippen molar-refractivity contribution in [3.8, 4) is 0 Å². The average molecular weight is 134 g/mol. The minimum Gasteiger partial charge on any atom is -0.258 e. The standard InChI is InChI=1S/C5H3F3N/c6-5(7,8)9-3-1-2-4-9/h1-3H. The van der Waals surface area contributed by atoms with E-state index in [-0.39, 0.29) is 4.57 Å². The van der Waals surface area contributed by atoms with E-state index >= 15 is 0 Å². The molecule has 0 aliphatic heterocycles. The van der Waals surface area contributed by atoms with Gasteiger partial charge in [0.2, 0.25) is 0 Å². The van der Waals surface area contributed by atoms with Crippen LogP contribution in [0.5, 0.6) is 0 Å². The predicted octanol–water partition coefficient (Wildman–Crippen LogP) is 1.76. The van der Waals surface area contributed by atoms with Gasteiger partial charge < -0.3 is 0 Å². The van der Waals surface area contributed by atoms with Crippen LogP contribution in [0.25, 0.3) is 0 Å². The fourth-order valence-corrected chi connectivity index (χ4v) is 0.453. The first-order chi connectivity index (χ1) is 4.11. The molecule has 1 radical (unpaired) electrons. The molecule has 0 fully saturated rings. The number of hydrogen-bond donors (Lipinski definition) is 0. The van der Waals surface area contributed by atoms with Crippen LogP contribution < -0.4 is 0 Å². The first-order valence-electron chi connectivity index (χ1n) is 2.23. The lowest BCUT2D eigenvalue weighted by Gasteiger charge is -2.04. The fourth-order valence-electron chi connectivity index (χ4n) is 0.453. The molecule has 0 aromatic carbocycles. The van der Waals surface area contributed by atoms with Gasteiger partial charge in [-0.25, -0.2) is 0 Å². The summed E-state index contributed by atoms with van der Waals surface area (Å²) >= 11 is 0. The largest absolute Gasteiger partial charge is 0.488 e.